The van der Waals surface area contributed by atoms with Crippen molar-refractivity contribution in [3.8, 4) is 34.3 Å². The molecule has 5 aromatic rings. The number of hydrogen-bond donors (Lipinski definition) is 0. The molecule has 0 spiro atoms. The Morgan fingerprint density at radius 2 is 1.64 bits per heavy atom. The van der Waals surface area contributed by atoms with Crippen LogP contribution in [0.5, 0.6) is 11.5 Å². The number of aromatic nitrogens is 3. The largest absolute Gasteiger partial charge is 0.490 e. The lowest BCUT2D eigenvalue weighted by molar-refractivity contribution is 0.268. The summed E-state index contributed by atoms with van der Waals surface area (Å²) in [4.78, 5) is 4.78. The second-order valence-corrected chi connectivity index (χ2v) is 7.39. The number of ether oxygens (including phenoxy) is 2. The molecule has 166 valence electrons. The zero-order valence-corrected chi connectivity index (χ0v) is 18.1. The predicted molar refractivity (Wildman–Crippen MR) is 124 cm³/mol. The van der Waals surface area contributed by atoms with Crippen molar-refractivity contribution in [1.29, 1.82) is 0 Å². The van der Waals surface area contributed by atoms with Gasteiger partial charge in [0.05, 0.1) is 24.2 Å². The van der Waals surface area contributed by atoms with Crippen LogP contribution in [0.4, 0.5) is 4.39 Å². The van der Waals surface area contributed by atoms with Crippen LogP contribution in [0, 0.1) is 5.82 Å². The molecule has 5 rings (SSSR count). The number of imidazole rings is 1. The molecule has 0 unspecified atom stereocenters. The van der Waals surface area contributed by atoms with E-state index in [4.69, 9.17) is 19.0 Å². The molecule has 0 atom stereocenters. The number of halogens is 1. The molecule has 33 heavy (non-hydrogen) atoms. The Balaban J connectivity index is 1.43. The fourth-order valence-electron chi connectivity index (χ4n) is 3.72. The van der Waals surface area contributed by atoms with Gasteiger partial charge >= 0.3 is 0 Å². The van der Waals surface area contributed by atoms with E-state index in [9.17, 15) is 4.39 Å². The summed E-state index contributed by atoms with van der Waals surface area (Å²) >= 11 is 0. The number of hydrogen-bond acceptors (Lipinski definition) is 5. The summed E-state index contributed by atoms with van der Waals surface area (Å²) in [5, 5.41) is 4.23. The van der Waals surface area contributed by atoms with E-state index >= 15 is 0 Å². The lowest BCUT2D eigenvalue weighted by Crippen LogP contribution is -2.10. The SMILES string of the molecule is CCOc1ccccc1OCCn1c(-c2cc(-c3ccc(F)cc3)on2)nc2ccccc21. The highest BCUT2D eigenvalue weighted by Gasteiger charge is 2.17. The average Bonchev–Trinajstić information content (AvgIpc) is 3.46. The van der Waals surface area contributed by atoms with Crippen LogP contribution in [0.2, 0.25) is 0 Å². The Kier molecular flexibility index (Phi) is 5.76. The molecule has 0 N–H and O–H groups in total. The van der Waals surface area contributed by atoms with Crippen LogP contribution in [-0.4, -0.2) is 27.9 Å². The highest BCUT2D eigenvalue weighted by atomic mass is 19.1. The molecule has 2 heterocycles. The van der Waals surface area contributed by atoms with Gasteiger partial charge in [0, 0.05) is 11.6 Å². The molecule has 0 aliphatic rings. The highest BCUT2D eigenvalue weighted by Crippen LogP contribution is 2.29. The monoisotopic (exact) mass is 443 g/mol. The van der Waals surface area contributed by atoms with Crippen molar-refractivity contribution in [2.24, 2.45) is 0 Å². The van der Waals surface area contributed by atoms with Gasteiger partial charge in [-0.3, -0.25) is 0 Å². The van der Waals surface area contributed by atoms with E-state index < -0.39 is 0 Å². The maximum atomic E-state index is 13.3. The summed E-state index contributed by atoms with van der Waals surface area (Å²) < 4.78 is 32.6. The van der Waals surface area contributed by atoms with Gasteiger partial charge in [0.25, 0.3) is 0 Å². The molecule has 0 radical (unpaired) electrons. The van der Waals surface area contributed by atoms with E-state index in [-0.39, 0.29) is 5.82 Å². The van der Waals surface area contributed by atoms with Gasteiger partial charge in [-0.25, -0.2) is 9.37 Å². The molecule has 0 saturated heterocycles. The van der Waals surface area contributed by atoms with E-state index in [2.05, 4.69) is 9.72 Å². The number of nitrogens with zero attached hydrogens (tertiary/aromatic N) is 3. The Hall–Kier alpha value is -4.13. The van der Waals surface area contributed by atoms with Gasteiger partial charge < -0.3 is 18.6 Å². The summed E-state index contributed by atoms with van der Waals surface area (Å²) in [6.07, 6.45) is 0. The maximum absolute atomic E-state index is 13.3. The third kappa shape index (κ3) is 4.30. The normalized spacial score (nSPS) is 11.1. The fraction of sp³-hybridized carbons (Fsp3) is 0.154. The number of fused-ring (bicyclic) bond motifs is 1. The minimum Gasteiger partial charge on any atom is -0.490 e. The van der Waals surface area contributed by atoms with Crippen LogP contribution in [0.25, 0.3) is 33.9 Å². The first-order valence-electron chi connectivity index (χ1n) is 10.8. The van der Waals surface area contributed by atoms with Crippen molar-refractivity contribution in [2.75, 3.05) is 13.2 Å². The van der Waals surface area contributed by atoms with Crippen LogP contribution in [0.3, 0.4) is 0 Å². The van der Waals surface area contributed by atoms with Crippen molar-refractivity contribution < 1.29 is 18.4 Å². The molecule has 3 aromatic carbocycles. The predicted octanol–water partition coefficient (Wildman–Crippen LogP) is 5.98. The molecule has 2 aromatic heterocycles. The second-order valence-electron chi connectivity index (χ2n) is 7.39. The van der Waals surface area contributed by atoms with E-state index in [0.717, 1.165) is 22.3 Å². The fourth-order valence-corrected chi connectivity index (χ4v) is 3.72. The summed E-state index contributed by atoms with van der Waals surface area (Å²) in [6.45, 7) is 3.48. The molecular weight excluding hydrogens is 421 g/mol. The van der Waals surface area contributed by atoms with E-state index in [1.54, 1.807) is 12.1 Å². The zero-order valence-electron chi connectivity index (χ0n) is 18.1. The molecule has 7 heteroatoms. The molecular formula is C26H22FN3O3. The number of rotatable bonds is 8. The van der Waals surface area contributed by atoms with Gasteiger partial charge in [0.15, 0.2) is 23.1 Å². The summed E-state index contributed by atoms with van der Waals surface area (Å²) in [7, 11) is 0. The molecule has 0 fully saturated rings. The van der Waals surface area contributed by atoms with Crippen molar-refractivity contribution in [1.82, 2.24) is 14.7 Å². The van der Waals surface area contributed by atoms with Gasteiger partial charge in [0.2, 0.25) is 0 Å². The zero-order chi connectivity index (χ0) is 22.6. The summed E-state index contributed by atoms with van der Waals surface area (Å²) in [5.74, 6) is 2.34. The lowest BCUT2D eigenvalue weighted by Gasteiger charge is -2.13. The van der Waals surface area contributed by atoms with E-state index in [0.29, 0.717) is 42.8 Å². The van der Waals surface area contributed by atoms with Crippen LogP contribution >= 0.6 is 0 Å². The van der Waals surface area contributed by atoms with Crippen LogP contribution in [0.1, 0.15) is 6.92 Å². The Bertz CT molecular complexity index is 1380. The minimum absolute atomic E-state index is 0.300. The number of para-hydroxylation sites is 4. The first-order chi connectivity index (χ1) is 16.2. The van der Waals surface area contributed by atoms with Crippen LogP contribution in [-0.2, 0) is 6.54 Å². The maximum Gasteiger partial charge on any atom is 0.167 e. The molecule has 0 aliphatic carbocycles. The average molecular weight is 443 g/mol. The second kappa shape index (κ2) is 9.16. The van der Waals surface area contributed by atoms with Crippen molar-refractivity contribution in [2.45, 2.75) is 13.5 Å². The van der Waals surface area contributed by atoms with Crippen molar-refractivity contribution >= 4 is 11.0 Å². The summed E-state index contributed by atoms with van der Waals surface area (Å²) in [6, 6.07) is 23.4. The molecule has 0 saturated carbocycles. The first kappa shape index (κ1) is 20.8. The Morgan fingerprint density at radius 1 is 0.909 bits per heavy atom. The quantitative estimate of drug-likeness (QED) is 0.295. The molecule has 6 nitrogen and oxygen atoms in total. The third-order valence-electron chi connectivity index (χ3n) is 5.24. The molecule has 0 amide bonds. The number of benzene rings is 3. The Morgan fingerprint density at radius 3 is 2.42 bits per heavy atom. The Labute approximate surface area is 190 Å². The third-order valence-corrected chi connectivity index (χ3v) is 5.24. The van der Waals surface area contributed by atoms with Gasteiger partial charge in [-0.2, -0.15) is 0 Å². The highest BCUT2D eigenvalue weighted by molar-refractivity contribution is 5.80. The van der Waals surface area contributed by atoms with Crippen LogP contribution in [0.15, 0.2) is 83.4 Å². The lowest BCUT2D eigenvalue weighted by atomic mass is 10.1. The molecule has 0 aliphatic heterocycles. The van der Waals surface area contributed by atoms with Crippen molar-refractivity contribution in [3.63, 3.8) is 0 Å². The van der Waals surface area contributed by atoms with Gasteiger partial charge in [-0.15, -0.1) is 0 Å². The topological polar surface area (TPSA) is 62.3 Å². The van der Waals surface area contributed by atoms with Crippen molar-refractivity contribution in [3.05, 3.63) is 84.7 Å². The standard InChI is InChI=1S/C26H22FN3O3/c1-2-31-23-9-5-6-10-24(23)32-16-15-30-22-8-4-3-7-20(22)28-26(30)21-17-25(33-29-21)18-11-13-19(27)14-12-18/h3-14,17H,2,15-16H2,1H3. The first-order valence-corrected chi connectivity index (χ1v) is 10.8. The van der Waals surface area contributed by atoms with Gasteiger partial charge in [-0.1, -0.05) is 29.4 Å². The van der Waals surface area contributed by atoms with Crippen LogP contribution < -0.4 is 9.47 Å². The smallest absolute Gasteiger partial charge is 0.167 e. The van der Waals surface area contributed by atoms with Gasteiger partial charge in [-0.05, 0) is 55.5 Å². The molecule has 0 bridgehead atoms. The van der Waals surface area contributed by atoms with Gasteiger partial charge in [0.1, 0.15) is 18.1 Å². The minimum atomic E-state index is -0.300. The summed E-state index contributed by atoms with van der Waals surface area (Å²) in [5.41, 5.74) is 3.17. The van der Waals surface area contributed by atoms with E-state index in [1.807, 2.05) is 61.5 Å². The van der Waals surface area contributed by atoms with E-state index in [1.165, 1.54) is 12.1 Å².